The first-order chi connectivity index (χ1) is 20.7. The molecular weight excluding hydrogens is 612 g/mol. The summed E-state index contributed by atoms with van der Waals surface area (Å²) in [7, 11) is 0. The number of hydrogen-bond acceptors (Lipinski definition) is 7. The monoisotopic (exact) mass is 636 g/mol. The summed E-state index contributed by atoms with van der Waals surface area (Å²) in [5.74, 6) is -1.33. The second-order valence-corrected chi connectivity index (χ2v) is 10.6. The van der Waals surface area contributed by atoms with Gasteiger partial charge in [0, 0.05) is 19.4 Å². The van der Waals surface area contributed by atoms with Gasteiger partial charge in [0.25, 0.3) is 12.0 Å². The van der Waals surface area contributed by atoms with Gasteiger partial charge in [0.15, 0.2) is 11.3 Å². The number of alkyl halides is 6. The maximum absolute atomic E-state index is 13.2. The number of imidazole rings is 1. The standard InChI is InChI=1S/C25H24F8N8O3/c26-21(27)14-3-1-13(2-4-14)19(37-22(42)20-15(38-44-39-20)5-6-24(28,29)30)16-10-41-18(35-16)7-12(8-34-41)9-40-11-17(25(31,32)33)36-23(40)43/h7-8,10,13,17,19H,1-6,9,11H2,(H,36,43)(H,37,42)/t17-,19?/m0/s1. The second kappa shape index (κ2) is 12.0. The van der Waals surface area contributed by atoms with E-state index in [9.17, 15) is 44.7 Å². The van der Waals surface area contributed by atoms with Crippen molar-refractivity contribution in [3.05, 3.63) is 52.8 Å². The third-order valence-corrected chi connectivity index (χ3v) is 7.55. The van der Waals surface area contributed by atoms with Crippen LogP contribution in [0, 0.1) is 5.92 Å². The Morgan fingerprint density at radius 3 is 2.50 bits per heavy atom. The largest absolute Gasteiger partial charge is 0.410 e. The Hall–Kier alpha value is -4.32. The molecule has 238 valence electrons. The Morgan fingerprint density at radius 2 is 1.86 bits per heavy atom. The van der Waals surface area contributed by atoms with Crippen molar-refractivity contribution in [3.63, 3.8) is 0 Å². The van der Waals surface area contributed by atoms with Gasteiger partial charge in [-0.2, -0.15) is 40.2 Å². The maximum atomic E-state index is 13.2. The van der Waals surface area contributed by atoms with Crippen molar-refractivity contribution in [2.45, 2.75) is 69.5 Å². The number of urea groups is 1. The molecule has 2 aliphatic rings. The van der Waals surface area contributed by atoms with E-state index in [1.165, 1.54) is 23.0 Å². The van der Waals surface area contributed by atoms with Crippen LogP contribution < -0.4 is 10.6 Å². The number of carbonyl (C=O) groups excluding carboxylic acids is 2. The van der Waals surface area contributed by atoms with E-state index in [2.05, 4.69) is 30.3 Å². The number of amides is 3. The third-order valence-electron chi connectivity index (χ3n) is 7.55. The van der Waals surface area contributed by atoms with E-state index < -0.39 is 73.5 Å². The fourth-order valence-corrected chi connectivity index (χ4v) is 5.26. The second-order valence-electron chi connectivity index (χ2n) is 10.6. The van der Waals surface area contributed by atoms with Crippen molar-refractivity contribution < 1.29 is 49.3 Å². The molecule has 2 fully saturated rings. The molecular formula is C25H24F8N8O3. The number of nitrogens with zero attached hydrogens (tertiary/aromatic N) is 6. The number of carbonyl (C=O) groups is 2. The smallest absolute Gasteiger partial charge is 0.342 e. The van der Waals surface area contributed by atoms with Gasteiger partial charge < -0.3 is 15.5 Å². The summed E-state index contributed by atoms with van der Waals surface area (Å²) in [5, 5.41) is 15.6. The van der Waals surface area contributed by atoms with Crippen molar-refractivity contribution in [1.82, 2.24) is 40.4 Å². The lowest BCUT2D eigenvalue weighted by atomic mass is 9.80. The minimum Gasteiger partial charge on any atom is -0.342 e. The van der Waals surface area contributed by atoms with E-state index in [1.54, 1.807) is 0 Å². The summed E-state index contributed by atoms with van der Waals surface area (Å²) in [6, 6.07) is -2.34. The Morgan fingerprint density at radius 1 is 1.14 bits per heavy atom. The average Bonchev–Trinajstić information content (AvgIpc) is 3.68. The van der Waals surface area contributed by atoms with Gasteiger partial charge in [-0.05, 0) is 54.0 Å². The fourth-order valence-electron chi connectivity index (χ4n) is 5.26. The molecule has 5 rings (SSSR count). The molecule has 3 aromatic heterocycles. The van der Waals surface area contributed by atoms with E-state index in [1.807, 2.05) is 5.32 Å². The first kappa shape index (κ1) is 31.1. The molecule has 1 aliphatic heterocycles. The van der Waals surface area contributed by atoms with Gasteiger partial charge in [0.1, 0.15) is 11.7 Å². The van der Waals surface area contributed by atoms with Crippen LogP contribution in [-0.2, 0) is 13.0 Å². The third kappa shape index (κ3) is 7.07. The van der Waals surface area contributed by atoms with Crippen LogP contribution in [0.2, 0.25) is 0 Å². The molecule has 0 bridgehead atoms. The average molecular weight is 637 g/mol. The predicted molar refractivity (Wildman–Crippen MR) is 132 cm³/mol. The highest BCUT2D eigenvalue weighted by Crippen LogP contribution is 2.38. The lowest BCUT2D eigenvalue weighted by Crippen LogP contribution is -2.40. The number of fused-ring (bicyclic) bond motifs is 1. The Balaban J connectivity index is 1.38. The number of aromatic nitrogens is 5. The number of nitrogens with one attached hydrogen (secondary N) is 2. The Labute approximate surface area is 242 Å². The number of halogens is 8. The number of aryl methyl sites for hydroxylation is 1. The van der Waals surface area contributed by atoms with E-state index in [4.69, 9.17) is 0 Å². The van der Waals surface area contributed by atoms with E-state index in [0.29, 0.717) is 5.56 Å². The lowest BCUT2D eigenvalue weighted by molar-refractivity contribution is -0.149. The summed E-state index contributed by atoms with van der Waals surface area (Å²) in [6.07, 6.45) is -9.49. The summed E-state index contributed by atoms with van der Waals surface area (Å²) in [6.45, 7) is -0.794. The normalized spacial score (nSPS) is 20.2. The molecule has 1 saturated carbocycles. The molecule has 19 heteroatoms. The van der Waals surface area contributed by atoms with Crippen LogP contribution in [0.15, 0.2) is 34.7 Å². The van der Waals surface area contributed by atoms with Gasteiger partial charge in [-0.15, -0.1) is 0 Å². The highest BCUT2D eigenvalue weighted by molar-refractivity contribution is 5.93. The zero-order valence-corrected chi connectivity index (χ0v) is 22.6. The van der Waals surface area contributed by atoms with Crippen LogP contribution in [-0.4, -0.2) is 66.7 Å². The van der Waals surface area contributed by atoms with Crippen molar-refractivity contribution in [3.8, 4) is 0 Å². The first-order valence-corrected chi connectivity index (χ1v) is 13.4. The number of rotatable bonds is 8. The molecule has 1 aliphatic carbocycles. The zero-order valence-electron chi connectivity index (χ0n) is 22.6. The molecule has 2 atom stereocenters. The minimum atomic E-state index is -4.61. The Bertz CT molecular complexity index is 1550. The van der Waals surface area contributed by atoms with Crippen LogP contribution >= 0.6 is 0 Å². The molecule has 1 saturated heterocycles. The summed E-state index contributed by atoms with van der Waals surface area (Å²) < 4.78 is 110. The van der Waals surface area contributed by atoms with Gasteiger partial charge in [-0.25, -0.2) is 18.9 Å². The van der Waals surface area contributed by atoms with E-state index >= 15 is 0 Å². The predicted octanol–water partition coefficient (Wildman–Crippen LogP) is 4.88. The van der Waals surface area contributed by atoms with Gasteiger partial charge in [0.2, 0.25) is 0 Å². The molecule has 2 N–H and O–H groups in total. The van der Waals surface area contributed by atoms with Crippen LogP contribution in [0.4, 0.5) is 39.9 Å². The van der Waals surface area contributed by atoms with Crippen LogP contribution in [0.5, 0.6) is 0 Å². The highest BCUT2D eigenvalue weighted by atomic mass is 19.4. The van der Waals surface area contributed by atoms with Gasteiger partial charge in [0.05, 0.1) is 30.7 Å². The number of allylic oxidation sites excluding steroid dienone is 1. The minimum absolute atomic E-state index is 0.0125. The van der Waals surface area contributed by atoms with Gasteiger partial charge in [-0.1, -0.05) is 5.16 Å². The molecule has 0 spiro atoms. The molecule has 3 aromatic rings. The maximum Gasteiger partial charge on any atom is 0.410 e. The van der Waals surface area contributed by atoms with Crippen molar-refractivity contribution in [2.75, 3.05) is 6.54 Å². The SMILES string of the molecule is O=C(NC(c1cn2ncc(CN3C[C@@H](C(F)(F)F)NC3=O)cc2n1)C1CCC(=C(F)F)CC1)c1nonc1CCC(F)(F)F. The molecule has 0 radical (unpaired) electrons. The highest BCUT2D eigenvalue weighted by Gasteiger charge is 2.46. The van der Waals surface area contributed by atoms with Gasteiger partial charge >= 0.3 is 18.4 Å². The molecule has 11 nitrogen and oxygen atoms in total. The molecule has 3 amide bonds. The van der Waals surface area contributed by atoms with Crippen LogP contribution in [0.25, 0.3) is 5.65 Å². The topological polar surface area (TPSA) is 131 Å². The van der Waals surface area contributed by atoms with Gasteiger partial charge in [-0.3, -0.25) is 4.79 Å². The molecule has 44 heavy (non-hydrogen) atoms. The van der Waals surface area contributed by atoms with Crippen molar-refractivity contribution in [2.24, 2.45) is 5.92 Å². The van der Waals surface area contributed by atoms with Crippen molar-refractivity contribution in [1.29, 1.82) is 0 Å². The van der Waals surface area contributed by atoms with E-state index in [-0.39, 0.29) is 54.8 Å². The quantitative estimate of drug-likeness (QED) is 0.338. The number of hydrogen-bond donors (Lipinski definition) is 2. The zero-order chi connectivity index (χ0) is 31.8. The molecule has 0 aromatic carbocycles. The Kier molecular flexibility index (Phi) is 8.48. The van der Waals surface area contributed by atoms with Crippen LogP contribution in [0.3, 0.4) is 0 Å². The first-order valence-electron chi connectivity index (χ1n) is 13.4. The molecule has 4 heterocycles. The lowest BCUT2D eigenvalue weighted by Gasteiger charge is -2.30. The summed E-state index contributed by atoms with van der Waals surface area (Å²) >= 11 is 0. The fraction of sp³-hybridized carbons (Fsp3) is 0.520. The summed E-state index contributed by atoms with van der Waals surface area (Å²) in [4.78, 5) is 30.7. The van der Waals surface area contributed by atoms with Crippen molar-refractivity contribution >= 4 is 17.6 Å². The molecule has 1 unspecified atom stereocenters. The van der Waals surface area contributed by atoms with Crippen LogP contribution in [0.1, 0.15) is 65.6 Å². The van der Waals surface area contributed by atoms with E-state index in [0.717, 1.165) is 4.90 Å². The summed E-state index contributed by atoms with van der Waals surface area (Å²) in [5.41, 5.74) is 0.0283.